The van der Waals surface area contributed by atoms with Crippen molar-refractivity contribution in [3.63, 3.8) is 0 Å². The van der Waals surface area contributed by atoms with E-state index < -0.39 is 0 Å². The van der Waals surface area contributed by atoms with Gasteiger partial charge in [0.2, 0.25) is 0 Å². The fourth-order valence-electron chi connectivity index (χ4n) is 1.25. The summed E-state index contributed by atoms with van der Waals surface area (Å²) in [4.78, 5) is 8.59. The minimum atomic E-state index is 0.959. The van der Waals surface area contributed by atoms with Gasteiger partial charge in [0.15, 0.2) is 0 Å². The third-order valence-corrected chi connectivity index (χ3v) is 2.60. The predicted molar refractivity (Wildman–Crippen MR) is 60.1 cm³/mol. The highest BCUT2D eigenvalue weighted by Crippen LogP contribution is 2.23. The van der Waals surface area contributed by atoms with Crippen molar-refractivity contribution < 1.29 is 0 Å². The number of nitrogens with zero attached hydrogens (tertiary/aromatic N) is 2. The Morgan fingerprint density at radius 1 is 1.29 bits per heavy atom. The molecule has 14 heavy (non-hydrogen) atoms. The molecule has 2 aromatic rings. The molecule has 70 valence electrons. The molecule has 0 saturated heterocycles. The molecule has 0 atom stereocenters. The Balaban J connectivity index is 2.52. The van der Waals surface area contributed by atoms with Gasteiger partial charge in [0.25, 0.3) is 0 Å². The Morgan fingerprint density at radius 3 is 2.93 bits per heavy atom. The highest BCUT2D eigenvalue weighted by atomic mass is 32.1. The van der Waals surface area contributed by atoms with E-state index >= 15 is 0 Å². The lowest BCUT2D eigenvalue weighted by atomic mass is 10.2. The van der Waals surface area contributed by atoms with Crippen molar-refractivity contribution in [2.45, 2.75) is 6.92 Å². The van der Waals surface area contributed by atoms with E-state index in [-0.39, 0.29) is 0 Å². The van der Waals surface area contributed by atoms with Crippen LogP contribution in [0.4, 0.5) is 0 Å². The summed E-state index contributed by atoms with van der Waals surface area (Å²) < 4.78 is 0. The molecule has 0 unspecified atom stereocenters. The highest BCUT2D eigenvalue weighted by molar-refractivity contribution is 7.13. The number of pyridine rings is 1. The zero-order valence-electron chi connectivity index (χ0n) is 7.84. The number of aromatic nitrogens is 2. The first-order chi connectivity index (χ1) is 6.92. The lowest BCUT2D eigenvalue weighted by Gasteiger charge is -1.99. The first-order valence-electron chi connectivity index (χ1n) is 4.39. The fourth-order valence-corrected chi connectivity index (χ4v) is 1.91. The standard InChI is InChI=1S/C11H10N2S/c1-2-4-9-5-3-6-12-10(9)11-13-7-8-14-11/h2-8H,1H3. The topological polar surface area (TPSA) is 25.8 Å². The van der Waals surface area contributed by atoms with Crippen molar-refractivity contribution in [2.75, 3.05) is 0 Å². The zero-order chi connectivity index (χ0) is 9.80. The SMILES string of the molecule is CC=Cc1cccnc1-c1nccs1. The van der Waals surface area contributed by atoms with Gasteiger partial charge in [-0.2, -0.15) is 0 Å². The van der Waals surface area contributed by atoms with Crippen molar-refractivity contribution in [1.82, 2.24) is 9.97 Å². The predicted octanol–water partition coefficient (Wildman–Crippen LogP) is 3.24. The molecule has 0 radical (unpaired) electrons. The van der Waals surface area contributed by atoms with E-state index in [9.17, 15) is 0 Å². The molecule has 2 nitrogen and oxygen atoms in total. The Labute approximate surface area is 87.0 Å². The van der Waals surface area contributed by atoms with E-state index in [1.165, 1.54) is 0 Å². The van der Waals surface area contributed by atoms with Crippen LogP contribution < -0.4 is 0 Å². The van der Waals surface area contributed by atoms with E-state index in [1.54, 1.807) is 23.7 Å². The van der Waals surface area contributed by atoms with E-state index in [2.05, 4.69) is 9.97 Å². The molecule has 0 N–H and O–H groups in total. The number of thiazole rings is 1. The minimum Gasteiger partial charge on any atom is -0.253 e. The van der Waals surface area contributed by atoms with Crippen LogP contribution >= 0.6 is 11.3 Å². The van der Waals surface area contributed by atoms with Crippen molar-refractivity contribution in [2.24, 2.45) is 0 Å². The van der Waals surface area contributed by atoms with Gasteiger partial charge in [-0.05, 0) is 13.0 Å². The molecule has 2 heterocycles. The second-order valence-electron chi connectivity index (χ2n) is 2.78. The number of allylic oxidation sites excluding steroid dienone is 1. The maximum absolute atomic E-state index is 4.34. The molecule has 0 aliphatic carbocycles. The van der Waals surface area contributed by atoms with Crippen LogP contribution in [0.2, 0.25) is 0 Å². The Bertz CT molecular complexity index is 432. The van der Waals surface area contributed by atoms with Crippen molar-refractivity contribution in [1.29, 1.82) is 0 Å². The van der Waals surface area contributed by atoms with Gasteiger partial charge in [0, 0.05) is 23.3 Å². The summed E-state index contributed by atoms with van der Waals surface area (Å²) in [5.41, 5.74) is 2.07. The molecule has 2 rings (SSSR count). The minimum absolute atomic E-state index is 0.959. The van der Waals surface area contributed by atoms with E-state index in [1.807, 2.05) is 36.6 Å². The summed E-state index contributed by atoms with van der Waals surface area (Å²) in [7, 11) is 0. The molecule has 2 aromatic heterocycles. The van der Waals surface area contributed by atoms with E-state index in [0.717, 1.165) is 16.3 Å². The number of hydrogen-bond acceptors (Lipinski definition) is 3. The van der Waals surface area contributed by atoms with Gasteiger partial charge in [-0.25, -0.2) is 4.98 Å². The average Bonchev–Trinajstić information content (AvgIpc) is 2.72. The van der Waals surface area contributed by atoms with Crippen LogP contribution in [-0.4, -0.2) is 9.97 Å². The third kappa shape index (κ3) is 1.72. The summed E-state index contributed by atoms with van der Waals surface area (Å²) >= 11 is 1.61. The molecule has 0 aromatic carbocycles. The summed E-state index contributed by atoms with van der Waals surface area (Å²) in [5.74, 6) is 0. The molecule has 0 aliphatic heterocycles. The fraction of sp³-hybridized carbons (Fsp3) is 0.0909. The summed E-state index contributed by atoms with van der Waals surface area (Å²) in [5, 5.41) is 2.93. The van der Waals surface area contributed by atoms with Gasteiger partial charge in [-0.15, -0.1) is 11.3 Å². The van der Waals surface area contributed by atoms with Crippen molar-refractivity contribution >= 4 is 17.4 Å². The van der Waals surface area contributed by atoms with Crippen LogP contribution in [0.15, 0.2) is 36.0 Å². The quantitative estimate of drug-likeness (QED) is 0.747. The van der Waals surface area contributed by atoms with Crippen molar-refractivity contribution in [3.8, 4) is 10.7 Å². The van der Waals surface area contributed by atoms with Crippen LogP contribution in [-0.2, 0) is 0 Å². The molecule has 0 saturated carbocycles. The average molecular weight is 202 g/mol. The van der Waals surface area contributed by atoms with Gasteiger partial charge < -0.3 is 0 Å². The van der Waals surface area contributed by atoms with Crippen LogP contribution in [0.3, 0.4) is 0 Å². The first kappa shape index (κ1) is 9.09. The monoisotopic (exact) mass is 202 g/mol. The number of hydrogen-bond donors (Lipinski definition) is 0. The molecule has 0 fully saturated rings. The molecule has 0 aliphatic rings. The van der Waals surface area contributed by atoms with Crippen LogP contribution in [0.1, 0.15) is 12.5 Å². The molecule has 0 spiro atoms. The number of rotatable bonds is 2. The van der Waals surface area contributed by atoms with Gasteiger partial charge in [-0.3, -0.25) is 4.98 Å². The van der Waals surface area contributed by atoms with Gasteiger partial charge in [0.05, 0.1) is 0 Å². The smallest absolute Gasteiger partial charge is 0.142 e. The van der Waals surface area contributed by atoms with Crippen LogP contribution in [0.25, 0.3) is 16.8 Å². The zero-order valence-corrected chi connectivity index (χ0v) is 8.66. The Kier molecular flexibility index (Phi) is 2.70. The van der Waals surface area contributed by atoms with E-state index in [4.69, 9.17) is 0 Å². The second-order valence-corrected chi connectivity index (χ2v) is 3.67. The van der Waals surface area contributed by atoms with Gasteiger partial charge in [-0.1, -0.05) is 18.2 Å². The van der Waals surface area contributed by atoms with E-state index in [0.29, 0.717) is 0 Å². The third-order valence-electron chi connectivity index (χ3n) is 1.82. The second kappa shape index (κ2) is 4.15. The van der Waals surface area contributed by atoms with Crippen LogP contribution in [0.5, 0.6) is 0 Å². The highest BCUT2D eigenvalue weighted by Gasteiger charge is 2.05. The molecular weight excluding hydrogens is 192 g/mol. The molecule has 0 amide bonds. The molecule has 3 heteroatoms. The largest absolute Gasteiger partial charge is 0.253 e. The Hall–Kier alpha value is -1.48. The maximum atomic E-state index is 4.34. The van der Waals surface area contributed by atoms with Gasteiger partial charge >= 0.3 is 0 Å². The lowest BCUT2D eigenvalue weighted by Crippen LogP contribution is -1.85. The summed E-state index contributed by atoms with van der Waals surface area (Å²) in [6.07, 6.45) is 7.65. The van der Waals surface area contributed by atoms with Crippen molar-refractivity contribution in [3.05, 3.63) is 41.5 Å². The Morgan fingerprint density at radius 2 is 2.21 bits per heavy atom. The summed E-state index contributed by atoms with van der Waals surface area (Å²) in [6, 6.07) is 3.98. The van der Waals surface area contributed by atoms with Crippen LogP contribution in [0, 0.1) is 0 Å². The normalized spacial score (nSPS) is 10.9. The van der Waals surface area contributed by atoms with Gasteiger partial charge in [0.1, 0.15) is 10.7 Å². The maximum Gasteiger partial charge on any atom is 0.142 e. The molecule has 0 bridgehead atoms. The lowest BCUT2D eigenvalue weighted by molar-refractivity contribution is 1.28. The molecular formula is C11H10N2S. The first-order valence-corrected chi connectivity index (χ1v) is 5.27. The summed E-state index contributed by atoms with van der Waals surface area (Å²) in [6.45, 7) is 2.00.